The van der Waals surface area contributed by atoms with Crippen molar-refractivity contribution in [2.45, 2.75) is 19.6 Å². The summed E-state index contributed by atoms with van der Waals surface area (Å²) in [4.78, 5) is 16.3. The van der Waals surface area contributed by atoms with Crippen LogP contribution in [0, 0.1) is 6.92 Å². The molecule has 0 fully saturated rings. The van der Waals surface area contributed by atoms with Gasteiger partial charge in [-0.25, -0.2) is 4.98 Å². The van der Waals surface area contributed by atoms with Crippen LogP contribution in [0.15, 0.2) is 29.6 Å². The Kier molecular flexibility index (Phi) is 4.08. The van der Waals surface area contributed by atoms with E-state index in [1.807, 2.05) is 17.5 Å². The normalized spacial score (nSPS) is 11.4. The van der Waals surface area contributed by atoms with Crippen molar-refractivity contribution in [1.82, 2.24) is 10.3 Å². The summed E-state index contributed by atoms with van der Waals surface area (Å²) in [5.41, 5.74) is -0.789. The molecule has 0 spiro atoms. The van der Waals surface area contributed by atoms with Gasteiger partial charge in [-0.15, -0.1) is 11.3 Å². The predicted molar refractivity (Wildman–Crippen MR) is 69.5 cm³/mol. The molecule has 0 aliphatic heterocycles. The van der Waals surface area contributed by atoms with E-state index in [0.717, 1.165) is 17.0 Å². The minimum Gasteiger partial charge on any atom is -0.347 e. The summed E-state index contributed by atoms with van der Waals surface area (Å²) in [6.07, 6.45) is -4.50. The summed E-state index contributed by atoms with van der Waals surface area (Å²) < 4.78 is 37.4. The first-order valence-electron chi connectivity index (χ1n) is 5.73. The van der Waals surface area contributed by atoms with Crippen molar-refractivity contribution >= 4 is 17.2 Å². The van der Waals surface area contributed by atoms with Gasteiger partial charge < -0.3 is 5.32 Å². The highest BCUT2D eigenvalue weighted by Gasteiger charge is 2.33. The summed E-state index contributed by atoms with van der Waals surface area (Å²) in [6.45, 7) is 1.73. The molecule has 0 bridgehead atoms. The number of hydrogen-bond donors (Lipinski definition) is 1. The number of aromatic nitrogens is 1. The second kappa shape index (κ2) is 5.62. The van der Waals surface area contributed by atoms with E-state index in [-0.39, 0.29) is 11.3 Å². The van der Waals surface area contributed by atoms with E-state index >= 15 is 0 Å². The molecule has 2 rings (SSSR count). The summed E-state index contributed by atoms with van der Waals surface area (Å²) in [5.74, 6) is -0.433. The molecule has 0 atom stereocenters. The minimum absolute atomic E-state index is 0.0588. The van der Waals surface area contributed by atoms with Crippen molar-refractivity contribution in [1.29, 1.82) is 0 Å². The van der Waals surface area contributed by atoms with E-state index in [4.69, 9.17) is 0 Å². The Morgan fingerprint density at radius 3 is 2.65 bits per heavy atom. The first-order valence-corrected chi connectivity index (χ1v) is 6.61. The lowest BCUT2D eigenvalue weighted by Gasteiger charge is -2.10. The topological polar surface area (TPSA) is 42.0 Å². The first kappa shape index (κ1) is 14.5. The predicted octanol–water partition coefficient (Wildman–Crippen LogP) is 3.40. The van der Waals surface area contributed by atoms with Crippen LogP contribution in [0.4, 0.5) is 13.2 Å². The molecule has 2 heterocycles. The standard InChI is InChI=1S/C13H11F3N2OS/c1-8-10(4-5-11(18-8)13(14,15)16)12(19)17-7-9-3-2-6-20-9/h2-6H,7H2,1H3,(H,17,19). The van der Waals surface area contributed by atoms with E-state index in [0.29, 0.717) is 6.54 Å². The van der Waals surface area contributed by atoms with E-state index in [2.05, 4.69) is 10.3 Å². The van der Waals surface area contributed by atoms with Crippen molar-refractivity contribution in [3.05, 3.63) is 51.5 Å². The molecule has 3 nitrogen and oxygen atoms in total. The van der Waals surface area contributed by atoms with Crippen LogP contribution in [0.5, 0.6) is 0 Å². The molecule has 0 aliphatic rings. The third kappa shape index (κ3) is 3.36. The molecule has 0 aliphatic carbocycles. The zero-order valence-electron chi connectivity index (χ0n) is 10.5. The van der Waals surface area contributed by atoms with Crippen molar-refractivity contribution in [2.24, 2.45) is 0 Å². The molecule has 20 heavy (non-hydrogen) atoms. The monoisotopic (exact) mass is 300 g/mol. The van der Waals surface area contributed by atoms with Crippen LogP contribution in [0.3, 0.4) is 0 Å². The second-order valence-corrected chi connectivity index (χ2v) is 5.12. The summed E-state index contributed by atoms with van der Waals surface area (Å²) in [6, 6.07) is 5.68. The maximum absolute atomic E-state index is 12.5. The third-order valence-corrected chi connectivity index (χ3v) is 3.50. The fourth-order valence-corrected chi connectivity index (χ4v) is 2.28. The van der Waals surface area contributed by atoms with Gasteiger partial charge in [-0.1, -0.05) is 6.07 Å². The number of nitrogens with one attached hydrogen (secondary N) is 1. The highest BCUT2D eigenvalue weighted by atomic mass is 32.1. The molecule has 2 aromatic heterocycles. The molecule has 1 N–H and O–H groups in total. The molecule has 0 saturated carbocycles. The van der Waals surface area contributed by atoms with Gasteiger partial charge in [0.05, 0.1) is 17.8 Å². The zero-order chi connectivity index (χ0) is 14.8. The number of hydrogen-bond acceptors (Lipinski definition) is 3. The maximum Gasteiger partial charge on any atom is 0.433 e. The quantitative estimate of drug-likeness (QED) is 0.944. The lowest BCUT2D eigenvalue weighted by molar-refractivity contribution is -0.141. The van der Waals surface area contributed by atoms with Crippen LogP contribution >= 0.6 is 11.3 Å². The number of rotatable bonds is 3. The maximum atomic E-state index is 12.5. The van der Waals surface area contributed by atoms with Crippen LogP contribution in [-0.2, 0) is 12.7 Å². The number of alkyl halides is 3. The van der Waals surface area contributed by atoms with Gasteiger partial charge in [0.1, 0.15) is 5.69 Å². The second-order valence-electron chi connectivity index (χ2n) is 4.09. The molecular weight excluding hydrogens is 289 g/mol. The highest BCUT2D eigenvalue weighted by molar-refractivity contribution is 7.09. The fraction of sp³-hybridized carbons (Fsp3) is 0.231. The van der Waals surface area contributed by atoms with Gasteiger partial charge in [0.2, 0.25) is 0 Å². The van der Waals surface area contributed by atoms with Crippen LogP contribution in [0.25, 0.3) is 0 Å². The Balaban J connectivity index is 2.10. The largest absolute Gasteiger partial charge is 0.433 e. The number of carbonyl (C=O) groups excluding carboxylic acids is 1. The van der Waals surface area contributed by atoms with E-state index in [9.17, 15) is 18.0 Å². The Bertz CT molecular complexity index is 609. The van der Waals surface area contributed by atoms with Crippen molar-refractivity contribution in [3.8, 4) is 0 Å². The molecular formula is C13H11F3N2OS. The van der Waals surface area contributed by atoms with Crippen LogP contribution in [-0.4, -0.2) is 10.9 Å². The van der Waals surface area contributed by atoms with Gasteiger partial charge >= 0.3 is 6.18 Å². The van der Waals surface area contributed by atoms with Gasteiger partial charge in [-0.05, 0) is 30.5 Å². The average Bonchev–Trinajstić information content (AvgIpc) is 2.87. The number of thiophene rings is 1. The Morgan fingerprint density at radius 1 is 1.35 bits per heavy atom. The van der Waals surface area contributed by atoms with Crippen LogP contribution < -0.4 is 5.32 Å². The minimum atomic E-state index is -4.50. The van der Waals surface area contributed by atoms with Crippen molar-refractivity contribution < 1.29 is 18.0 Å². The van der Waals surface area contributed by atoms with Gasteiger partial charge in [0.25, 0.3) is 5.91 Å². The smallest absolute Gasteiger partial charge is 0.347 e. The van der Waals surface area contributed by atoms with Crippen LogP contribution in [0.1, 0.15) is 26.6 Å². The lowest BCUT2D eigenvalue weighted by Crippen LogP contribution is -2.24. The molecule has 2 aromatic rings. The summed E-state index contributed by atoms with van der Waals surface area (Å²) >= 11 is 1.49. The first-order chi connectivity index (χ1) is 9.38. The van der Waals surface area contributed by atoms with Crippen molar-refractivity contribution in [3.63, 3.8) is 0 Å². The van der Waals surface area contributed by atoms with Gasteiger partial charge in [0, 0.05) is 4.88 Å². The zero-order valence-corrected chi connectivity index (χ0v) is 11.3. The molecule has 106 valence electrons. The summed E-state index contributed by atoms with van der Waals surface area (Å²) in [5, 5.41) is 4.53. The molecule has 7 heteroatoms. The Labute approximate surface area is 117 Å². The number of amides is 1. The summed E-state index contributed by atoms with van der Waals surface area (Å²) in [7, 11) is 0. The third-order valence-electron chi connectivity index (χ3n) is 2.62. The fourth-order valence-electron chi connectivity index (χ4n) is 1.63. The van der Waals surface area contributed by atoms with E-state index in [1.54, 1.807) is 0 Å². The molecule has 1 amide bonds. The molecule has 0 saturated heterocycles. The lowest BCUT2D eigenvalue weighted by atomic mass is 10.1. The number of pyridine rings is 1. The number of aryl methyl sites for hydroxylation is 1. The average molecular weight is 300 g/mol. The Hall–Kier alpha value is -1.89. The van der Waals surface area contributed by atoms with E-state index in [1.165, 1.54) is 18.3 Å². The van der Waals surface area contributed by atoms with Crippen molar-refractivity contribution in [2.75, 3.05) is 0 Å². The van der Waals surface area contributed by atoms with Crippen LogP contribution in [0.2, 0.25) is 0 Å². The molecule has 0 radical (unpaired) electrons. The molecule has 0 unspecified atom stereocenters. The van der Waals surface area contributed by atoms with Gasteiger partial charge in [-0.3, -0.25) is 4.79 Å². The number of nitrogens with zero attached hydrogens (tertiary/aromatic N) is 1. The SMILES string of the molecule is Cc1nc(C(F)(F)F)ccc1C(=O)NCc1cccs1. The molecule has 0 aromatic carbocycles. The Morgan fingerprint density at radius 2 is 2.10 bits per heavy atom. The van der Waals surface area contributed by atoms with E-state index < -0.39 is 17.8 Å². The van der Waals surface area contributed by atoms with Gasteiger partial charge in [-0.2, -0.15) is 13.2 Å². The van der Waals surface area contributed by atoms with Gasteiger partial charge in [0.15, 0.2) is 0 Å². The number of carbonyl (C=O) groups is 1. The number of halogens is 3. The highest BCUT2D eigenvalue weighted by Crippen LogP contribution is 2.28.